The Kier molecular flexibility index (Phi) is 7.57. The van der Waals surface area contributed by atoms with Crippen molar-refractivity contribution in [2.24, 2.45) is 5.92 Å². The number of ether oxygens (including phenoxy) is 3. The number of hydrogen-bond donors (Lipinski definition) is 0. The number of esters is 2. The Labute approximate surface area is 157 Å². The smallest absolute Gasteiger partial charge is 0.344 e. The molecule has 1 aliphatic rings. The number of amides is 1. The van der Waals surface area contributed by atoms with E-state index in [0.29, 0.717) is 32.5 Å². The molecule has 1 amide bonds. The van der Waals surface area contributed by atoms with E-state index in [2.05, 4.69) is 0 Å². The van der Waals surface area contributed by atoms with Gasteiger partial charge in [0.25, 0.3) is 5.91 Å². The zero-order valence-corrected chi connectivity index (χ0v) is 15.5. The van der Waals surface area contributed by atoms with Crippen molar-refractivity contribution in [3.63, 3.8) is 0 Å². The molecule has 0 spiro atoms. The van der Waals surface area contributed by atoms with Crippen LogP contribution in [0.15, 0.2) is 24.3 Å². The number of halogens is 1. The fraction of sp³-hybridized carbons (Fsp3) is 0.526. The number of rotatable bonds is 7. The second-order valence-corrected chi connectivity index (χ2v) is 6.23. The van der Waals surface area contributed by atoms with Crippen molar-refractivity contribution in [3.05, 3.63) is 30.1 Å². The van der Waals surface area contributed by atoms with E-state index in [1.165, 1.54) is 25.1 Å². The van der Waals surface area contributed by atoms with Gasteiger partial charge < -0.3 is 19.1 Å². The van der Waals surface area contributed by atoms with Gasteiger partial charge in [-0.1, -0.05) is 6.07 Å². The normalized spacial score (nSPS) is 15.7. The van der Waals surface area contributed by atoms with Crippen LogP contribution in [0.4, 0.5) is 4.39 Å². The summed E-state index contributed by atoms with van der Waals surface area (Å²) in [6.07, 6.45) is 0.0785. The van der Waals surface area contributed by atoms with Gasteiger partial charge in [-0.25, -0.2) is 9.18 Å². The van der Waals surface area contributed by atoms with Crippen LogP contribution in [-0.4, -0.2) is 55.2 Å². The first kappa shape index (κ1) is 20.7. The lowest BCUT2D eigenvalue weighted by molar-refractivity contribution is -0.162. The van der Waals surface area contributed by atoms with Gasteiger partial charge in [0.2, 0.25) is 0 Å². The van der Waals surface area contributed by atoms with Crippen LogP contribution >= 0.6 is 0 Å². The average Bonchev–Trinajstić information content (AvgIpc) is 2.66. The molecule has 1 atom stereocenters. The summed E-state index contributed by atoms with van der Waals surface area (Å²) in [6.45, 7) is 3.97. The monoisotopic (exact) mass is 381 g/mol. The zero-order valence-electron chi connectivity index (χ0n) is 15.5. The van der Waals surface area contributed by atoms with Crippen LogP contribution in [0.3, 0.4) is 0 Å². The molecule has 0 bridgehead atoms. The fourth-order valence-electron chi connectivity index (χ4n) is 2.83. The summed E-state index contributed by atoms with van der Waals surface area (Å²) >= 11 is 0. The van der Waals surface area contributed by atoms with E-state index in [4.69, 9.17) is 14.2 Å². The molecule has 0 aliphatic carbocycles. The first-order valence-electron chi connectivity index (χ1n) is 8.94. The molecule has 2 rings (SSSR count). The summed E-state index contributed by atoms with van der Waals surface area (Å²) in [7, 11) is 0. The highest BCUT2D eigenvalue weighted by atomic mass is 19.1. The van der Waals surface area contributed by atoms with E-state index in [1.807, 2.05) is 0 Å². The van der Waals surface area contributed by atoms with Crippen LogP contribution in [0.1, 0.15) is 26.7 Å². The maximum absolute atomic E-state index is 13.1. The molecule has 1 saturated heterocycles. The van der Waals surface area contributed by atoms with Gasteiger partial charge in [-0.15, -0.1) is 0 Å². The fourth-order valence-corrected chi connectivity index (χ4v) is 2.83. The van der Waals surface area contributed by atoms with Crippen molar-refractivity contribution >= 4 is 17.8 Å². The van der Waals surface area contributed by atoms with Gasteiger partial charge >= 0.3 is 11.9 Å². The van der Waals surface area contributed by atoms with Crippen molar-refractivity contribution < 1.29 is 33.0 Å². The Morgan fingerprint density at radius 1 is 1.26 bits per heavy atom. The Balaban J connectivity index is 1.75. The molecule has 7 nitrogen and oxygen atoms in total. The first-order chi connectivity index (χ1) is 12.9. The Morgan fingerprint density at radius 2 is 1.96 bits per heavy atom. The van der Waals surface area contributed by atoms with Crippen molar-refractivity contribution in [3.8, 4) is 5.75 Å². The molecule has 0 radical (unpaired) electrons. The summed E-state index contributed by atoms with van der Waals surface area (Å²) in [5.74, 6) is -1.76. The summed E-state index contributed by atoms with van der Waals surface area (Å²) < 4.78 is 28.3. The van der Waals surface area contributed by atoms with Crippen LogP contribution in [0, 0.1) is 11.7 Å². The summed E-state index contributed by atoms with van der Waals surface area (Å²) in [6, 6.07) is 5.38. The third kappa shape index (κ3) is 6.23. The standard InChI is InChI=1S/C19H24FNO6/c1-3-25-19(24)14-7-9-21(10-8-14)18(23)13(2)27-17(22)12-26-16-6-4-5-15(20)11-16/h4-6,11,13-14H,3,7-10,12H2,1-2H3. The number of benzene rings is 1. The minimum absolute atomic E-state index is 0.201. The lowest BCUT2D eigenvalue weighted by Crippen LogP contribution is -2.45. The van der Waals surface area contributed by atoms with Crippen LogP contribution in [-0.2, 0) is 23.9 Å². The van der Waals surface area contributed by atoms with Gasteiger partial charge in [-0.3, -0.25) is 9.59 Å². The molecule has 1 unspecified atom stereocenters. The lowest BCUT2D eigenvalue weighted by atomic mass is 9.97. The van der Waals surface area contributed by atoms with Crippen LogP contribution in [0.2, 0.25) is 0 Å². The van der Waals surface area contributed by atoms with Crippen LogP contribution in [0.5, 0.6) is 5.75 Å². The molecule has 1 fully saturated rings. The van der Waals surface area contributed by atoms with Gasteiger partial charge in [0.15, 0.2) is 12.7 Å². The van der Waals surface area contributed by atoms with E-state index in [9.17, 15) is 18.8 Å². The number of carbonyl (C=O) groups excluding carboxylic acids is 3. The van der Waals surface area contributed by atoms with E-state index >= 15 is 0 Å². The third-order valence-electron chi connectivity index (χ3n) is 4.24. The van der Waals surface area contributed by atoms with E-state index < -0.39 is 24.5 Å². The van der Waals surface area contributed by atoms with Crippen molar-refractivity contribution in [1.82, 2.24) is 4.90 Å². The number of carbonyl (C=O) groups is 3. The van der Waals surface area contributed by atoms with Gasteiger partial charge in [-0.2, -0.15) is 0 Å². The van der Waals surface area contributed by atoms with Gasteiger partial charge in [0.1, 0.15) is 11.6 Å². The molecular formula is C19H24FNO6. The van der Waals surface area contributed by atoms with Gasteiger partial charge in [0, 0.05) is 19.2 Å². The van der Waals surface area contributed by atoms with Crippen molar-refractivity contribution in [2.75, 3.05) is 26.3 Å². The maximum Gasteiger partial charge on any atom is 0.344 e. The summed E-state index contributed by atoms with van der Waals surface area (Å²) in [5.41, 5.74) is 0. The Bertz CT molecular complexity index is 672. The molecule has 0 saturated carbocycles. The number of nitrogens with zero attached hydrogens (tertiary/aromatic N) is 1. The summed E-state index contributed by atoms with van der Waals surface area (Å²) in [5, 5.41) is 0. The largest absolute Gasteiger partial charge is 0.482 e. The van der Waals surface area contributed by atoms with Crippen LogP contribution < -0.4 is 4.74 Å². The van der Waals surface area contributed by atoms with Crippen LogP contribution in [0.25, 0.3) is 0 Å². The van der Waals surface area contributed by atoms with Crippen molar-refractivity contribution in [2.45, 2.75) is 32.8 Å². The predicted octanol–water partition coefficient (Wildman–Crippen LogP) is 1.94. The molecule has 0 aromatic heterocycles. The molecular weight excluding hydrogens is 357 g/mol. The molecule has 0 N–H and O–H groups in total. The highest BCUT2D eigenvalue weighted by molar-refractivity contribution is 5.84. The van der Waals surface area contributed by atoms with Gasteiger partial charge in [-0.05, 0) is 38.8 Å². The maximum atomic E-state index is 13.1. The van der Waals surface area contributed by atoms with Crippen molar-refractivity contribution in [1.29, 1.82) is 0 Å². The molecule has 27 heavy (non-hydrogen) atoms. The molecule has 8 heteroatoms. The topological polar surface area (TPSA) is 82.1 Å². The van der Waals surface area contributed by atoms with E-state index in [1.54, 1.807) is 11.8 Å². The Hall–Kier alpha value is -2.64. The molecule has 1 aromatic carbocycles. The number of piperidine rings is 1. The second kappa shape index (κ2) is 9.89. The summed E-state index contributed by atoms with van der Waals surface area (Å²) in [4.78, 5) is 37.5. The van der Waals surface area contributed by atoms with E-state index in [0.717, 1.165) is 6.07 Å². The highest BCUT2D eigenvalue weighted by Crippen LogP contribution is 2.20. The molecule has 1 aliphatic heterocycles. The number of hydrogen-bond acceptors (Lipinski definition) is 6. The first-order valence-corrected chi connectivity index (χ1v) is 8.94. The van der Waals surface area contributed by atoms with E-state index in [-0.39, 0.29) is 23.5 Å². The SMILES string of the molecule is CCOC(=O)C1CCN(C(=O)C(C)OC(=O)COc2cccc(F)c2)CC1. The average molecular weight is 381 g/mol. The number of likely N-dealkylation sites (tertiary alicyclic amines) is 1. The van der Waals surface area contributed by atoms with Gasteiger partial charge in [0.05, 0.1) is 12.5 Å². The highest BCUT2D eigenvalue weighted by Gasteiger charge is 2.31. The second-order valence-electron chi connectivity index (χ2n) is 6.23. The zero-order chi connectivity index (χ0) is 19.8. The Morgan fingerprint density at radius 3 is 2.59 bits per heavy atom. The molecule has 1 heterocycles. The minimum atomic E-state index is -0.965. The molecule has 148 valence electrons. The third-order valence-corrected chi connectivity index (χ3v) is 4.24. The predicted molar refractivity (Wildman–Crippen MR) is 93.4 cm³/mol. The minimum Gasteiger partial charge on any atom is -0.482 e. The lowest BCUT2D eigenvalue weighted by Gasteiger charge is -2.32. The quantitative estimate of drug-likeness (QED) is 0.672. The molecule has 1 aromatic rings.